The van der Waals surface area contributed by atoms with Crippen molar-refractivity contribution >= 4 is 33.2 Å². The Labute approximate surface area is 187 Å². The monoisotopic (exact) mass is 469 g/mol. The third-order valence-electron chi connectivity index (χ3n) is 4.79. The summed E-state index contributed by atoms with van der Waals surface area (Å²) in [7, 11) is -1.92. The van der Waals surface area contributed by atoms with Crippen LogP contribution in [-0.2, 0) is 42.9 Å². The van der Waals surface area contributed by atoms with E-state index in [2.05, 4.69) is 23.6 Å². The normalized spacial score (nSPS) is 11.9. The molecule has 10 heteroatoms. The second-order valence-corrected chi connectivity index (χ2v) is 9.62. The van der Waals surface area contributed by atoms with Gasteiger partial charge in [-0.1, -0.05) is 37.0 Å². The molecule has 0 radical (unpaired) electrons. The number of halogens is 2. The fourth-order valence-electron chi connectivity index (χ4n) is 3.46. The van der Waals surface area contributed by atoms with E-state index in [1.807, 2.05) is 16.8 Å². The molecule has 0 saturated heterocycles. The average Bonchev–Trinajstić information content (AvgIpc) is 3.25. The highest BCUT2D eigenvalue weighted by atomic mass is 35.5. The molecule has 30 heavy (non-hydrogen) atoms. The van der Waals surface area contributed by atoms with Crippen molar-refractivity contribution in [3.8, 4) is 0 Å². The van der Waals surface area contributed by atoms with Crippen LogP contribution in [0.25, 0.3) is 0 Å². The third-order valence-corrected chi connectivity index (χ3v) is 6.58. The van der Waals surface area contributed by atoms with Gasteiger partial charge in [0.25, 0.3) is 10.0 Å². The molecule has 0 aliphatic carbocycles. The Morgan fingerprint density at radius 1 is 1.10 bits per heavy atom. The van der Waals surface area contributed by atoms with Gasteiger partial charge in [0, 0.05) is 47.5 Å². The molecule has 3 aromatic rings. The molecule has 0 bridgehead atoms. The smallest absolute Gasteiger partial charge is 0.259 e. The SMILES string of the molecule is CCc1nn(CCNS(=O)(=O)c2cn(C)cn2)c(CC)c1Cc1cc(Cl)cc(Cl)c1. The minimum absolute atomic E-state index is 0.00829. The van der Waals surface area contributed by atoms with Crippen LogP contribution < -0.4 is 4.72 Å². The third kappa shape index (κ3) is 5.24. The molecule has 0 saturated carbocycles. The van der Waals surface area contributed by atoms with Crippen LogP contribution in [0.3, 0.4) is 0 Å². The largest absolute Gasteiger partial charge is 0.339 e. The number of hydrogen-bond acceptors (Lipinski definition) is 4. The van der Waals surface area contributed by atoms with E-state index in [0.717, 1.165) is 35.4 Å². The summed E-state index contributed by atoms with van der Waals surface area (Å²) >= 11 is 12.3. The minimum atomic E-state index is -3.65. The first-order valence-corrected chi connectivity index (χ1v) is 12.0. The Morgan fingerprint density at radius 2 is 1.80 bits per heavy atom. The molecule has 1 aromatic carbocycles. The first-order valence-electron chi connectivity index (χ1n) is 9.73. The maximum absolute atomic E-state index is 12.4. The van der Waals surface area contributed by atoms with Crippen molar-refractivity contribution in [1.82, 2.24) is 24.1 Å². The van der Waals surface area contributed by atoms with Gasteiger partial charge in [-0.15, -0.1) is 0 Å². The summed E-state index contributed by atoms with van der Waals surface area (Å²) in [6.07, 6.45) is 5.16. The fraction of sp³-hybridized carbons (Fsp3) is 0.400. The lowest BCUT2D eigenvalue weighted by Crippen LogP contribution is -2.28. The Morgan fingerprint density at radius 3 is 2.37 bits per heavy atom. The molecule has 0 aliphatic rings. The summed E-state index contributed by atoms with van der Waals surface area (Å²) in [6, 6.07) is 5.53. The molecule has 0 unspecified atom stereocenters. The number of benzene rings is 1. The zero-order valence-electron chi connectivity index (χ0n) is 17.2. The standard InChI is InChI=1S/C20H25Cl2N5O2S/c1-4-18-17(10-14-8-15(21)11-16(22)9-14)19(5-2)27(25-18)7-6-24-30(28,29)20-12-26(3)13-23-20/h8-9,11-13,24H,4-7,10H2,1-3H3. The van der Waals surface area contributed by atoms with Crippen LogP contribution in [0, 0.1) is 0 Å². The van der Waals surface area contributed by atoms with Gasteiger partial charge >= 0.3 is 0 Å². The van der Waals surface area contributed by atoms with Gasteiger partial charge in [0.1, 0.15) is 0 Å². The summed E-state index contributed by atoms with van der Waals surface area (Å²) < 4.78 is 30.9. The van der Waals surface area contributed by atoms with E-state index in [9.17, 15) is 8.42 Å². The van der Waals surface area contributed by atoms with Crippen LogP contribution >= 0.6 is 23.2 Å². The molecule has 162 valence electrons. The molecule has 7 nitrogen and oxygen atoms in total. The minimum Gasteiger partial charge on any atom is -0.339 e. The maximum atomic E-state index is 12.4. The summed E-state index contributed by atoms with van der Waals surface area (Å²) in [5, 5.41) is 5.94. The topological polar surface area (TPSA) is 81.8 Å². The van der Waals surface area contributed by atoms with Crippen LogP contribution in [0.15, 0.2) is 35.7 Å². The van der Waals surface area contributed by atoms with Crippen molar-refractivity contribution < 1.29 is 8.42 Å². The van der Waals surface area contributed by atoms with Crippen LogP contribution in [0.4, 0.5) is 0 Å². The van der Waals surface area contributed by atoms with E-state index < -0.39 is 10.0 Å². The molecule has 0 spiro atoms. The number of aryl methyl sites for hydroxylation is 2. The lowest BCUT2D eigenvalue weighted by Gasteiger charge is -2.10. The van der Waals surface area contributed by atoms with E-state index in [4.69, 9.17) is 28.3 Å². The van der Waals surface area contributed by atoms with E-state index in [0.29, 0.717) is 23.0 Å². The number of aromatic nitrogens is 4. The van der Waals surface area contributed by atoms with Crippen LogP contribution in [-0.4, -0.2) is 34.3 Å². The number of nitrogens with zero attached hydrogens (tertiary/aromatic N) is 4. The second-order valence-electron chi connectivity index (χ2n) is 7.03. The van der Waals surface area contributed by atoms with Gasteiger partial charge in [0.15, 0.2) is 5.03 Å². The van der Waals surface area contributed by atoms with E-state index >= 15 is 0 Å². The molecule has 2 heterocycles. The van der Waals surface area contributed by atoms with Crippen molar-refractivity contribution in [2.75, 3.05) is 6.54 Å². The first-order chi connectivity index (χ1) is 14.2. The second kappa shape index (κ2) is 9.51. The highest BCUT2D eigenvalue weighted by Gasteiger charge is 2.19. The van der Waals surface area contributed by atoms with Gasteiger partial charge in [-0.05, 0) is 36.6 Å². The molecule has 3 rings (SSSR count). The molecule has 0 amide bonds. The summed E-state index contributed by atoms with van der Waals surface area (Å²) in [5.74, 6) is 0. The van der Waals surface area contributed by atoms with E-state index in [1.54, 1.807) is 17.7 Å². The molecule has 0 fully saturated rings. The lowest BCUT2D eigenvalue weighted by molar-refractivity contribution is 0.547. The quantitative estimate of drug-likeness (QED) is 0.518. The fourth-order valence-corrected chi connectivity index (χ4v) is 5.03. The van der Waals surface area contributed by atoms with Crippen LogP contribution in [0.1, 0.15) is 36.4 Å². The highest BCUT2D eigenvalue weighted by molar-refractivity contribution is 7.89. The molecule has 0 atom stereocenters. The number of nitrogens with one attached hydrogen (secondary N) is 1. The van der Waals surface area contributed by atoms with Gasteiger partial charge in [0.05, 0.1) is 18.6 Å². The highest BCUT2D eigenvalue weighted by Crippen LogP contribution is 2.25. The van der Waals surface area contributed by atoms with Gasteiger partial charge < -0.3 is 4.57 Å². The van der Waals surface area contributed by atoms with Gasteiger partial charge in [-0.3, -0.25) is 4.68 Å². The van der Waals surface area contributed by atoms with Crippen molar-refractivity contribution in [2.24, 2.45) is 7.05 Å². The number of hydrogen-bond donors (Lipinski definition) is 1. The van der Waals surface area contributed by atoms with Crippen molar-refractivity contribution in [2.45, 2.75) is 44.7 Å². The Balaban J connectivity index is 1.78. The summed E-state index contributed by atoms with van der Waals surface area (Å²) in [5.41, 5.74) is 4.24. The molecular formula is C20H25Cl2N5O2S. The first kappa shape index (κ1) is 22.8. The maximum Gasteiger partial charge on any atom is 0.259 e. The predicted molar refractivity (Wildman–Crippen MR) is 119 cm³/mol. The predicted octanol–water partition coefficient (Wildman–Crippen LogP) is 3.62. The Bertz CT molecular complexity index is 1120. The van der Waals surface area contributed by atoms with E-state index in [1.165, 1.54) is 12.5 Å². The summed E-state index contributed by atoms with van der Waals surface area (Å²) in [6.45, 7) is 4.78. The lowest BCUT2D eigenvalue weighted by atomic mass is 10.0. The van der Waals surface area contributed by atoms with Crippen LogP contribution in [0.2, 0.25) is 10.0 Å². The number of imidazole rings is 1. The Kier molecular flexibility index (Phi) is 7.23. The molecule has 1 N–H and O–H groups in total. The van der Waals surface area contributed by atoms with Crippen molar-refractivity contribution in [3.63, 3.8) is 0 Å². The van der Waals surface area contributed by atoms with Crippen LogP contribution in [0.5, 0.6) is 0 Å². The molecule has 0 aliphatic heterocycles. The summed E-state index contributed by atoms with van der Waals surface area (Å²) in [4.78, 5) is 3.91. The number of rotatable bonds is 9. The average molecular weight is 470 g/mol. The van der Waals surface area contributed by atoms with Crippen molar-refractivity contribution in [1.29, 1.82) is 0 Å². The van der Waals surface area contributed by atoms with Gasteiger partial charge in [-0.2, -0.15) is 5.10 Å². The molecule has 2 aromatic heterocycles. The zero-order valence-corrected chi connectivity index (χ0v) is 19.5. The van der Waals surface area contributed by atoms with Crippen molar-refractivity contribution in [3.05, 3.63) is 63.3 Å². The zero-order chi connectivity index (χ0) is 21.9. The Hall–Kier alpha value is -1.87. The van der Waals surface area contributed by atoms with Gasteiger partial charge in [-0.25, -0.2) is 18.1 Å². The molecular weight excluding hydrogens is 445 g/mol. The van der Waals surface area contributed by atoms with Gasteiger partial charge in [0.2, 0.25) is 0 Å². The number of sulfonamides is 1. The van der Waals surface area contributed by atoms with E-state index in [-0.39, 0.29) is 11.6 Å².